The van der Waals surface area contributed by atoms with Gasteiger partial charge in [0.05, 0.1) is 0 Å². The molecule has 0 bridgehead atoms. The molecule has 3 aromatic carbocycles. The molecular weight excluding hydrogens is 314 g/mol. The van der Waals surface area contributed by atoms with Crippen LogP contribution in [-0.2, 0) is 0 Å². The third kappa shape index (κ3) is 3.63. The fourth-order valence-electron chi connectivity index (χ4n) is 2.70. The molecule has 0 fully saturated rings. The molecular formula is C21H19NO3. The maximum Gasteiger partial charge on any atom is 0.124 e. The van der Waals surface area contributed by atoms with Crippen molar-refractivity contribution in [2.45, 2.75) is 13.0 Å². The summed E-state index contributed by atoms with van der Waals surface area (Å²) >= 11 is 0. The Bertz CT molecular complexity index is 873. The molecule has 3 rings (SSSR count). The molecule has 0 saturated carbocycles. The summed E-state index contributed by atoms with van der Waals surface area (Å²) in [5.74, 6) is 0.324. The molecule has 3 aromatic rings. The van der Waals surface area contributed by atoms with Crippen molar-refractivity contribution in [3.05, 3.63) is 89.0 Å². The van der Waals surface area contributed by atoms with Gasteiger partial charge in [-0.1, -0.05) is 48.0 Å². The molecule has 0 aliphatic heterocycles. The van der Waals surface area contributed by atoms with Crippen molar-refractivity contribution in [1.29, 1.82) is 0 Å². The van der Waals surface area contributed by atoms with E-state index in [1.807, 2.05) is 31.2 Å². The number of aromatic hydroxyl groups is 3. The Kier molecular flexibility index (Phi) is 4.70. The number of phenols is 3. The average molecular weight is 333 g/mol. The third-order valence-electron chi connectivity index (χ3n) is 4.01. The number of hydrogen-bond donors (Lipinski definition) is 3. The van der Waals surface area contributed by atoms with E-state index in [1.54, 1.807) is 48.7 Å². The zero-order chi connectivity index (χ0) is 17.8. The van der Waals surface area contributed by atoms with Gasteiger partial charge in [0.1, 0.15) is 23.3 Å². The van der Waals surface area contributed by atoms with E-state index in [9.17, 15) is 15.3 Å². The van der Waals surface area contributed by atoms with Gasteiger partial charge in [-0.2, -0.15) is 0 Å². The number of aryl methyl sites for hydroxylation is 1. The summed E-state index contributed by atoms with van der Waals surface area (Å²) in [6, 6.07) is 18.4. The molecule has 25 heavy (non-hydrogen) atoms. The van der Waals surface area contributed by atoms with Gasteiger partial charge in [-0.25, -0.2) is 0 Å². The lowest BCUT2D eigenvalue weighted by Crippen LogP contribution is -2.00. The number of nitrogens with zero attached hydrogens (tertiary/aromatic N) is 1. The lowest BCUT2D eigenvalue weighted by atomic mass is 9.97. The Morgan fingerprint density at radius 1 is 0.760 bits per heavy atom. The van der Waals surface area contributed by atoms with Crippen molar-refractivity contribution < 1.29 is 15.3 Å². The maximum atomic E-state index is 10.2. The summed E-state index contributed by atoms with van der Waals surface area (Å²) in [4.78, 5) is 4.55. The first-order chi connectivity index (χ1) is 12.1. The minimum absolute atomic E-state index is 0.0985. The Hall–Kier alpha value is -3.27. The van der Waals surface area contributed by atoms with E-state index >= 15 is 0 Å². The molecule has 0 amide bonds. The number of phenolic OH excluding ortho intramolecular Hbond substituents is 3. The van der Waals surface area contributed by atoms with Crippen molar-refractivity contribution >= 4 is 6.21 Å². The molecule has 4 nitrogen and oxygen atoms in total. The first-order valence-electron chi connectivity index (χ1n) is 7.95. The van der Waals surface area contributed by atoms with Crippen LogP contribution >= 0.6 is 0 Å². The monoisotopic (exact) mass is 333 g/mol. The summed E-state index contributed by atoms with van der Waals surface area (Å²) in [6.07, 6.45) is 1.56. The van der Waals surface area contributed by atoms with Crippen molar-refractivity contribution in [2.75, 3.05) is 0 Å². The van der Waals surface area contributed by atoms with Crippen molar-refractivity contribution in [1.82, 2.24) is 0 Å². The van der Waals surface area contributed by atoms with Gasteiger partial charge in [0.2, 0.25) is 0 Å². The molecule has 0 saturated heterocycles. The minimum Gasteiger partial charge on any atom is -0.508 e. The predicted octanol–water partition coefficient (Wildman–Crippen LogP) is 4.32. The molecule has 0 radical (unpaired) electrons. The van der Waals surface area contributed by atoms with Crippen LogP contribution in [0.4, 0.5) is 0 Å². The van der Waals surface area contributed by atoms with Crippen LogP contribution in [0.3, 0.4) is 0 Å². The summed E-state index contributed by atoms with van der Waals surface area (Å²) < 4.78 is 0. The molecule has 0 aromatic heterocycles. The van der Waals surface area contributed by atoms with E-state index < -0.39 is 6.04 Å². The van der Waals surface area contributed by atoms with E-state index in [0.717, 1.165) is 5.56 Å². The van der Waals surface area contributed by atoms with Crippen LogP contribution in [0.1, 0.15) is 28.3 Å². The highest BCUT2D eigenvalue weighted by molar-refractivity contribution is 5.84. The van der Waals surface area contributed by atoms with Crippen LogP contribution < -0.4 is 0 Å². The highest BCUT2D eigenvalue weighted by Crippen LogP contribution is 2.36. The summed E-state index contributed by atoms with van der Waals surface area (Å²) in [5.41, 5.74) is 2.73. The lowest BCUT2D eigenvalue weighted by Gasteiger charge is -2.16. The van der Waals surface area contributed by atoms with Crippen LogP contribution in [0.2, 0.25) is 0 Å². The third-order valence-corrected chi connectivity index (χ3v) is 4.01. The number of para-hydroxylation sites is 2. The number of hydrogen-bond acceptors (Lipinski definition) is 4. The molecule has 3 N–H and O–H groups in total. The number of rotatable bonds is 4. The summed E-state index contributed by atoms with van der Waals surface area (Å²) in [5, 5.41) is 30.5. The molecule has 0 heterocycles. The van der Waals surface area contributed by atoms with E-state index in [-0.39, 0.29) is 17.2 Å². The van der Waals surface area contributed by atoms with Gasteiger partial charge in [-0.3, -0.25) is 4.99 Å². The van der Waals surface area contributed by atoms with E-state index in [1.165, 1.54) is 0 Å². The zero-order valence-corrected chi connectivity index (χ0v) is 13.8. The van der Waals surface area contributed by atoms with E-state index in [0.29, 0.717) is 16.7 Å². The van der Waals surface area contributed by atoms with Crippen LogP contribution in [0, 0.1) is 6.92 Å². The maximum absolute atomic E-state index is 10.2. The molecule has 0 aliphatic rings. The van der Waals surface area contributed by atoms with Gasteiger partial charge in [-0.05, 0) is 31.2 Å². The van der Waals surface area contributed by atoms with Crippen LogP contribution in [0.25, 0.3) is 0 Å². The molecule has 0 aliphatic carbocycles. The van der Waals surface area contributed by atoms with Crippen molar-refractivity contribution in [3.63, 3.8) is 0 Å². The Morgan fingerprint density at radius 2 is 1.32 bits per heavy atom. The highest BCUT2D eigenvalue weighted by Gasteiger charge is 2.19. The average Bonchev–Trinajstić information content (AvgIpc) is 2.60. The molecule has 4 heteroatoms. The second-order valence-corrected chi connectivity index (χ2v) is 5.86. The van der Waals surface area contributed by atoms with E-state index in [4.69, 9.17) is 0 Å². The number of aliphatic imine (C=N–C) groups is 1. The Morgan fingerprint density at radius 3 is 1.88 bits per heavy atom. The van der Waals surface area contributed by atoms with Crippen LogP contribution in [0.15, 0.2) is 71.7 Å². The fraction of sp³-hybridized carbons (Fsp3) is 0.0952. The Balaban J connectivity index is 2.09. The SMILES string of the molecule is Cc1ccc(O)c(/C=N/C(c2ccccc2O)c2ccccc2O)c1. The topological polar surface area (TPSA) is 73.1 Å². The molecule has 0 spiro atoms. The highest BCUT2D eigenvalue weighted by atomic mass is 16.3. The number of benzene rings is 3. The smallest absolute Gasteiger partial charge is 0.124 e. The van der Waals surface area contributed by atoms with Gasteiger partial charge in [0.15, 0.2) is 0 Å². The normalized spacial score (nSPS) is 11.3. The summed E-state index contributed by atoms with van der Waals surface area (Å²) in [7, 11) is 0. The van der Waals surface area contributed by atoms with Gasteiger partial charge < -0.3 is 15.3 Å². The molecule has 0 atom stereocenters. The summed E-state index contributed by atoms with van der Waals surface area (Å²) in [6.45, 7) is 1.93. The molecule has 0 unspecified atom stereocenters. The van der Waals surface area contributed by atoms with E-state index in [2.05, 4.69) is 4.99 Å². The van der Waals surface area contributed by atoms with Gasteiger partial charge >= 0.3 is 0 Å². The predicted molar refractivity (Wildman–Crippen MR) is 98.5 cm³/mol. The second-order valence-electron chi connectivity index (χ2n) is 5.86. The lowest BCUT2D eigenvalue weighted by molar-refractivity contribution is 0.455. The van der Waals surface area contributed by atoms with Gasteiger partial charge in [-0.15, -0.1) is 0 Å². The Labute approximate surface area is 146 Å². The van der Waals surface area contributed by atoms with Crippen LogP contribution in [0.5, 0.6) is 17.2 Å². The first kappa shape index (κ1) is 16.6. The molecule has 126 valence electrons. The van der Waals surface area contributed by atoms with Crippen molar-refractivity contribution in [3.8, 4) is 17.2 Å². The fourth-order valence-corrected chi connectivity index (χ4v) is 2.70. The van der Waals surface area contributed by atoms with Crippen molar-refractivity contribution in [2.24, 2.45) is 4.99 Å². The van der Waals surface area contributed by atoms with Crippen LogP contribution in [-0.4, -0.2) is 21.5 Å². The first-order valence-corrected chi connectivity index (χ1v) is 7.95. The zero-order valence-electron chi connectivity index (χ0n) is 13.8. The minimum atomic E-state index is -0.595. The van der Waals surface area contributed by atoms with Gasteiger partial charge in [0.25, 0.3) is 0 Å². The largest absolute Gasteiger partial charge is 0.508 e. The quantitative estimate of drug-likeness (QED) is 0.623. The standard InChI is InChI=1S/C21H19NO3/c1-14-10-11-18(23)15(12-14)13-22-21(16-6-2-4-8-19(16)24)17-7-3-5-9-20(17)25/h2-13,21,23-25H,1H3/b22-13+. The van der Waals surface area contributed by atoms with Gasteiger partial charge in [0, 0.05) is 22.9 Å². The second kappa shape index (κ2) is 7.09.